The Morgan fingerprint density at radius 2 is 1.88 bits per heavy atom. The number of para-hydroxylation sites is 1. The monoisotopic (exact) mass is 449 g/mol. The van der Waals surface area contributed by atoms with Crippen molar-refractivity contribution in [3.63, 3.8) is 0 Å². The lowest BCUT2D eigenvalue weighted by molar-refractivity contribution is -0.129. The van der Waals surface area contributed by atoms with Crippen LogP contribution in [0.3, 0.4) is 0 Å². The van der Waals surface area contributed by atoms with Gasteiger partial charge in [-0.25, -0.2) is 0 Å². The molecule has 1 atom stereocenters. The Kier molecular flexibility index (Phi) is 7.17. The third kappa shape index (κ3) is 5.30. The van der Waals surface area contributed by atoms with E-state index in [0.717, 1.165) is 18.5 Å². The number of hydrogen-bond donors (Lipinski definition) is 1. The van der Waals surface area contributed by atoms with E-state index in [1.54, 1.807) is 19.1 Å². The van der Waals surface area contributed by atoms with Crippen LogP contribution in [-0.2, 0) is 22.6 Å². The lowest BCUT2D eigenvalue weighted by Gasteiger charge is -2.17. The zero-order chi connectivity index (χ0) is 23.2. The summed E-state index contributed by atoms with van der Waals surface area (Å²) in [4.78, 5) is 26.8. The normalized spacial score (nSPS) is 15.8. The van der Waals surface area contributed by atoms with Crippen molar-refractivity contribution in [2.24, 2.45) is 5.92 Å². The van der Waals surface area contributed by atoms with Gasteiger partial charge in [-0.2, -0.15) is 0 Å². The van der Waals surface area contributed by atoms with Crippen LogP contribution in [0.1, 0.15) is 18.4 Å². The van der Waals surface area contributed by atoms with Gasteiger partial charge in [-0.1, -0.05) is 24.3 Å². The molecule has 2 amide bonds. The first-order valence-corrected chi connectivity index (χ1v) is 11.4. The van der Waals surface area contributed by atoms with Crippen LogP contribution in [0, 0.1) is 5.92 Å². The molecule has 7 nitrogen and oxygen atoms in total. The highest BCUT2D eigenvalue weighted by Gasteiger charge is 2.33. The molecule has 2 aromatic carbocycles. The SMILES string of the molecule is COc1ccc(CCN2CC(C(=O)NCCCn3ccc4ccccc43)CC2=O)cc1OC. The van der Waals surface area contributed by atoms with E-state index in [0.29, 0.717) is 37.6 Å². The number of likely N-dealkylation sites (tertiary alicyclic amines) is 1. The molecule has 1 N–H and O–H groups in total. The summed E-state index contributed by atoms with van der Waals surface area (Å²) < 4.78 is 12.8. The Morgan fingerprint density at radius 3 is 2.70 bits per heavy atom. The highest BCUT2D eigenvalue weighted by atomic mass is 16.5. The van der Waals surface area contributed by atoms with Gasteiger partial charge >= 0.3 is 0 Å². The number of aryl methyl sites for hydroxylation is 1. The fraction of sp³-hybridized carbons (Fsp3) is 0.385. The lowest BCUT2D eigenvalue weighted by atomic mass is 10.1. The number of benzene rings is 2. The van der Waals surface area contributed by atoms with Crippen LogP contribution in [0.15, 0.2) is 54.7 Å². The number of aromatic nitrogens is 1. The molecule has 0 radical (unpaired) electrons. The summed E-state index contributed by atoms with van der Waals surface area (Å²) in [6.45, 7) is 2.50. The van der Waals surface area contributed by atoms with Crippen LogP contribution < -0.4 is 14.8 Å². The van der Waals surface area contributed by atoms with Crippen LogP contribution in [-0.4, -0.2) is 55.1 Å². The minimum atomic E-state index is -0.282. The number of ether oxygens (including phenoxy) is 2. The van der Waals surface area contributed by atoms with Crippen LogP contribution in [0.5, 0.6) is 11.5 Å². The summed E-state index contributed by atoms with van der Waals surface area (Å²) in [6.07, 6.45) is 3.90. The van der Waals surface area contributed by atoms with Gasteiger partial charge in [0.2, 0.25) is 11.8 Å². The highest BCUT2D eigenvalue weighted by Crippen LogP contribution is 2.28. The first kappa shape index (κ1) is 22.7. The van der Waals surface area contributed by atoms with Crippen molar-refractivity contribution >= 4 is 22.7 Å². The van der Waals surface area contributed by atoms with E-state index in [4.69, 9.17) is 9.47 Å². The number of carbonyl (C=O) groups excluding carboxylic acids is 2. The van der Waals surface area contributed by atoms with E-state index in [1.165, 1.54) is 10.9 Å². The predicted molar refractivity (Wildman–Crippen MR) is 128 cm³/mol. The van der Waals surface area contributed by atoms with Gasteiger partial charge in [-0.05, 0) is 48.1 Å². The number of amides is 2. The fourth-order valence-corrected chi connectivity index (χ4v) is 4.40. The molecular formula is C26H31N3O4. The number of hydrogen-bond acceptors (Lipinski definition) is 4. The molecule has 3 aromatic rings. The molecule has 1 fully saturated rings. The molecule has 174 valence electrons. The summed E-state index contributed by atoms with van der Waals surface area (Å²) in [5, 5.41) is 4.24. The van der Waals surface area contributed by atoms with Crippen LogP contribution >= 0.6 is 0 Å². The molecular weight excluding hydrogens is 418 g/mol. The molecule has 1 unspecified atom stereocenters. The van der Waals surface area contributed by atoms with E-state index in [1.807, 2.05) is 30.3 Å². The van der Waals surface area contributed by atoms with Crippen molar-refractivity contribution in [3.05, 3.63) is 60.3 Å². The number of methoxy groups -OCH3 is 2. The quantitative estimate of drug-likeness (QED) is 0.482. The molecule has 0 bridgehead atoms. The average molecular weight is 450 g/mol. The summed E-state index contributed by atoms with van der Waals surface area (Å²) in [5.41, 5.74) is 2.27. The van der Waals surface area contributed by atoms with Crippen LogP contribution in [0.25, 0.3) is 10.9 Å². The van der Waals surface area contributed by atoms with Gasteiger partial charge in [-0.3, -0.25) is 9.59 Å². The number of rotatable bonds is 10. The van der Waals surface area contributed by atoms with Gasteiger partial charge in [0.05, 0.1) is 20.1 Å². The largest absolute Gasteiger partial charge is 0.493 e. The maximum Gasteiger partial charge on any atom is 0.225 e. The number of carbonyl (C=O) groups is 2. The first-order valence-electron chi connectivity index (χ1n) is 11.4. The first-order chi connectivity index (χ1) is 16.1. The summed E-state index contributed by atoms with van der Waals surface area (Å²) >= 11 is 0. The van der Waals surface area contributed by atoms with Gasteiger partial charge < -0.3 is 24.3 Å². The smallest absolute Gasteiger partial charge is 0.225 e. The van der Waals surface area contributed by atoms with Crippen molar-refractivity contribution in [1.29, 1.82) is 0 Å². The van der Waals surface area contributed by atoms with Gasteiger partial charge in [0.25, 0.3) is 0 Å². The van der Waals surface area contributed by atoms with Crippen LogP contribution in [0.2, 0.25) is 0 Å². The number of nitrogens with one attached hydrogen (secondary N) is 1. The summed E-state index contributed by atoms with van der Waals surface area (Å²) in [6, 6.07) is 16.1. The lowest BCUT2D eigenvalue weighted by Crippen LogP contribution is -2.34. The molecule has 0 saturated carbocycles. The molecule has 0 aliphatic carbocycles. The Balaban J connectivity index is 1.22. The summed E-state index contributed by atoms with van der Waals surface area (Å²) in [5.74, 6) is 1.08. The molecule has 33 heavy (non-hydrogen) atoms. The second-order valence-electron chi connectivity index (χ2n) is 8.39. The van der Waals surface area contributed by atoms with Crippen molar-refractivity contribution in [1.82, 2.24) is 14.8 Å². The van der Waals surface area contributed by atoms with Gasteiger partial charge in [0, 0.05) is 44.3 Å². The van der Waals surface area contributed by atoms with E-state index < -0.39 is 0 Å². The minimum Gasteiger partial charge on any atom is -0.493 e. The van der Waals surface area contributed by atoms with Crippen LogP contribution in [0.4, 0.5) is 0 Å². The van der Waals surface area contributed by atoms with Crippen molar-refractivity contribution in [3.8, 4) is 11.5 Å². The second kappa shape index (κ2) is 10.4. The van der Waals surface area contributed by atoms with Crippen molar-refractivity contribution < 1.29 is 19.1 Å². The van der Waals surface area contributed by atoms with Crippen molar-refractivity contribution in [2.75, 3.05) is 33.9 Å². The molecule has 0 spiro atoms. The molecule has 1 aromatic heterocycles. The average Bonchev–Trinajstić information content (AvgIpc) is 3.43. The fourth-order valence-electron chi connectivity index (χ4n) is 4.40. The summed E-state index contributed by atoms with van der Waals surface area (Å²) in [7, 11) is 3.21. The zero-order valence-corrected chi connectivity index (χ0v) is 19.3. The Labute approximate surface area is 194 Å². The Morgan fingerprint density at radius 1 is 1.06 bits per heavy atom. The van der Waals surface area contributed by atoms with Gasteiger partial charge in [0.1, 0.15) is 0 Å². The standard InChI is InChI=1S/C26H31N3O4/c1-32-23-9-8-19(16-24(23)33-2)10-14-29-18-21(17-25(29)30)26(31)27-12-5-13-28-15-11-20-6-3-4-7-22(20)28/h3-4,6-9,11,15-16,21H,5,10,12-14,17-18H2,1-2H3,(H,27,31). The topological polar surface area (TPSA) is 72.8 Å². The van der Waals surface area contributed by atoms with Gasteiger partial charge in [-0.15, -0.1) is 0 Å². The Bertz CT molecular complexity index is 1120. The van der Waals surface area contributed by atoms with E-state index in [-0.39, 0.29) is 24.2 Å². The van der Waals surface area contributed by atoms with E-state index >= 15 is 0 Å². The van der Waals surface area contributed by atoms with E-state index in [9.17, 15) is 9.59 Å². The minimum absolute atomic E-state index is 0.0330. The maximum atomic E-state index is 12.6. The third-order valence-electron chi connectivity index (χ3n) is 6.26. The predicted octanol–water partition coefficient (Wildman–Crippen LogP) is 3.26. The number of fused-ring (bicyclic) bond motifs is 1. The third-order valence-corrected chi connectivity index (χ3v) is 6.26. The molecule has 7 heteroatoms. The van der Waals surface area contributed by atoms with Gasteiger partial charge in [0.15, 0.2) is 11.5 Å². The second-order valence-corrected chi connectivity index (χ2v) is 8.39. The molecule has 1 aliphatic rings. The molecule has 1 aliphatic heterocycles. The zero-order valence-electron chi connectivity index (χ0n) is 19.3. The molecule has 2 heterocycles. The van der Waals surface area contributed by atoms with E-state index in [2.05, 4.69) is 34.3 Å². The number of nitrogens with zero attached hydrogens (tertiary/aromatic N) is 2. The maximum absolute atomic E-state index is 12.6. The molecule has 1 saturated heterocycles. The Hall–Kier alpha value is -3.48. The molecule has 4 rings (SSSR count). The highest BCUT2D eigenvalue weighted by molar-refractivity contribution is 5.89. The van der Waals surface area contributed by atoms with Crippen molar-refractivity contribution in [2.45, 2.75) is 25.8 Å².